The molecule has 2 aromatic rings. The number of nitrogens with zero attached hydrogens (tertiary/aromatic N) is 1. The van der Waals surface area contributed by atoms with Gasteiger partial charge in [-0.2, -0.15) is 0 Å². The van der Waals surface area contributed by atoms with E-state index in [1.807, 2.05) is 36.4 Å². The van der Waals surface area contributed by atoms with Gasteiger partial charge in [-0.1, -0.05) is 42.5 Å². The third kappa shape index (κ3) is 5.60. The van der Waals surface area contributed by atoms with Crippen molar-refractivity contribution in [1.29, 1.82) is 0 Å². The summed E-state index contributed by atoms with van der Waals surface area (Å²) >= 11 is 0. The smallest absolute Gasteiger partial charge is 0.221 e. The molecule has 1 aliphatic rings. The Balaban J connectivity index is 1.62. The van der Waals surface area contributed by atoms with E-state index >= 15 is 0 Å². The molecule has 0 spiro atoms. The van der Waals surface area contributed by atoms with Crippen molar-refractivity contribution >= 4 is 5.91 Å². The molecule has 0 radical (unpaired) electrons. The van der Waals surface area contributed by atoms with E-state index in [1.165, 1.54) is 12.1 Å². The van der Waals surface area contributed by atoms with Gasteiger partial charge in [0, 0.05) is 32.1 Å². The Morgan fingerprint density at radius 1 is 1.11 bits per heavy atom. The molecule has 6 heteroatoms. The van der Waals surface area contributed by atoms with Gasteiger partial charge in [0.1, 0.15) is 5.82 Å². The number of benzene rings is 2. The molecule has 3 N–H and O–H groups in total. The summed E-state index contributed by atoms with van der Waals surface area (Å²) in [6, 6.07) is 15.7. The van der Waals surface area contributed by atoms with E-state index in [-0.39, 0.29) is 30.2 Å². The fourth-order valence-corrected chi connectivity index (χ4v) is 3.36. The van der Waals surface area contributed by atoms with Gasteiger partial charge in [0.05, 0.1) is 19.3 Å². The molecule has 0 aromatic heterocycles. The normalized spacial score (nSPS) is 17.3. The Morgan fingerprint density at radius 2 is 1.81 bits per heavy atom. The maximum Gasteiger partial charge on any atom is 0.221 e. The molecule has 1 aliphatic heterocycles. The lowest BCUT2D eigenvalue weighted by molar-refractivity contribution is -0.121. The molecule has 1 amide bonds. The van der Waals surface area contributed by atoms with Crippen LogP contribution < -0.4 is 11.1 Å². The number of rotatable bonds is 7. The molecular formula is C21H26FN3O2. The van der Waals surface area contributed by atoms with Crippen LogP contribution in [0.3, 0.4) is 0 Å². The first-order valence-electron chi connectivity index (χ1n) is 9.28. The average molecular weight is 371 g/mol. The number of nitrogens with one attached hydrogen (secondary N) is 1. The van der Waals surface area contributed by atoms with Crippen molar-refractivity contribution in [2.24, 2.45) is 5.73 Å². The molecule has 2 aromatic carbocycles. The highest BCUT2D eigenvalue weighted by molar-refractivity contribution is 5.76. The van der Waals surface area contributed by atoms with Crippen LogP contribution in [0.25, 0.3) is 0 Å². The summed E-state index contributed by atoms with van der Waals surface area (Å²) in [6.45, 7) is 3.18. The molecule has 5 nitrogen and oxygen atoms in total. The number of morpholine rings is 1. The minimum atomic E-state index is -0.345. The number of hydrogen-bond donors (Lipinski definition) is 2. The van der Waals surface area contributed by atoms with Crippen molar-refractivity contribution in [3.05, 3.63) is 71.5 Å². The first-order chi connectivity index (χ1) is 13.1. The second-order valence-electron chi connectivity index (χ2n) is 6.74. The molecule has 2 unspecified atom stereocenters. The van der Waals surface area contributed by atoms with E-state index in [2.05, 4.69) is 10.2 Å². The molecule has 1 heterocycles. The van der Waals surface area contributed by atoms with Crippen molar-refractivity contribution < 1.29 is 13.9 Å². The highest BCUT2D eigenvalue weighted by atomic mass is 19.1. The van der Waals surface area contributed by atoms with Crippen molar-refractivity contribution in [1.82, 2.24) is 10.2 Å². The topological polar surface area (TPSA) is 67.6 Å². The lowest BCUT2D eigenvalue weighted by atomic mass is 10.0. The molecule has 1 fully saturated rings. The molecule has 0 saturated carbocycles. The van der Waals surface area contributed by atoms with Crippen molar-refractivity contribution in [3.8, 4) is 0 Å². The summed E-state index contributed by atoms with van der Waals surface area (Å²) in [5, 5.41) is 2.97. The van der Waals surface area contributed by atoms with Gasteiger partial charge in [0.15, 0.2) is 0 Å². The first kappa shape index (κ1) is 19.5. The predicted octanol–water partition coefficient (Wildman–Crippen LogP) is 2.41. The zero-order valence-electron chi connectivity index (χ0n) is 15.3. The van der Waals surface area contributed by atoms with Crippen LogP contribution in [0.4, 0.5) is 4.39 Å². The number of amides is 1. The van der Waals surface area contributed by atoms with Gasteiger partial charge in [-0.05, 0) is 23.3 Å². The largest absolute Gasteiger partial charge is 0.379 e. The van der Waals surface area contributed by atoms with Gasteiger partial charge >= 0.3 is 0 Å². The number of carbonyl (C=O) groups is 1. The van der Waals surface area contributed by atoms with E-state index in [1.54, 1.807) is 6.07 Å². The highest BCUT2D eigenvalue weighted by Gasteiger charge is 2.24. The van der Waals surface area contributed by atoms with Crippen LogP contribution in [-0.2, 0) is 9.53 Å². The second kappa shape index (κ2) is 9.60. The van der Waals surface area contributed by atoms with Crippen LogP contribution in [0.2, 0.25) is 0 Å². The van der Waals surface area contributed by atoms with E-state index in [4.69, 9.17) is 10.5 Å². The van der Waals surface area contributed by atoms with Crippen molar-refractivity contribution in [3.63, 3.8) is 0 Å². The lowest BCUT2D eigenvalue weighted by Crippen LogP contribution is -2.44. The molecule has 1 saturated heterocycles. The molecule has 2 atom stereocenters. The summed E-state index contributed by atoms with van der Waals surface area (Å²) in [6.07, 6.45) is 0.211. The van der Waals surface area contributed by atoms with Gasteiger partial charge in [-0.3, -0.25) is 9.69 Å². The van der Waals surface area contributed by atoms with Gasteiger partial charge in [-0.25, -0.2) is 4.39 Å². The predicted molar refractivity (Wildman–Crippen MR) is 103 cm³/mol. The number of ether oxygens (including phenoxy) is 1. The van der Waals surface area contributed by atoms with Crippen LogP contribution in [0.1, 0.15) is 29.6 Å². The van der Waals surface area contributed by atoms with Crippen LogP contribution in [0.5, 0.6) is 0 Å². The Labute approximate surface area is 159 Å². The quantitative estimate of drug-likeness (QED) is 0.784. The van der Waals surface area contributed by atoms with E-state index in [0.29, 0.717) is 19.8 Å². The number of halogens is 1. The van der Waals surface area contributed by atoms with Gasteiger partial charge in [-0.15, -0.1) is 0 Å². The minimum absolute atomic E-state index is 0.0958. The van der Waals surface area contributed by atoms with Crippen LogP contribution in [-0.4, -0.2) is 43.7 Å². The lowest BCUT2D eigenvalue weighted by Gasteiger charge is -2.35. The SMILES string of the molecule is NC(CC(=O)NCC(c1cccc(F)c1)N1CCOCC1)c1ccccc1. The first-order valence-corrected chi connectivity index (χ1v) is 9.28. The Morgan fingerprint density at radius 3 is 2.52 bits per heavy atom. The minimum Gasteiger partial charge on any atom is -0.379 e. The van der Waals surface area contributed by atoms with Crippen LogP contribution in [0.15, 0.2) is 54.6 Å². The number of carbonyl (C=O) groups excluding carboxylic acids is 1. The molecule has 0 aliphatic carbocycles. The molecule has 0 bridgehead atoms. The monoisotopic (exact) mass is 371 g/mol. The van der Waals surface area contributed by atoms with E-state index < -0.39 is 0 Å². The summed E-state index contributed by atoms with van der Waals surface area (Å²) in [7, 11) is 0. The van der Waals surface area contributed by atoms with Crippen molar-refractivity contribution in [2.75, 3.05) is 32.8 Å². The van der Waals surface area contributed by atoms with E-state index in [9.17, 15) is 9.18 Å². The van der Waals surface area contributed by atoms with Crippen LogP contribution >= 0.6 is 0 Å². The number of nitrogens with two attached hydrogens (primary N) is 1. The third-order valence-corrected chi connectivity index (χ3v) is 4.85. The Kier molecular flexibility index (Phi) is 6.92. The maximum absolute atomic E-state index is 13.7. The summed E-state index contributed by atoms with van der Waals surface area (Å²) in [5.41, 5.74) is 7.92. The van der Waals surface area contributed by atoms with Crippen LogP contribution in [0, 0.1) is 5.82 Å². The molecule has 3 rings (SSSR count). The Bertz CT molecular complexity index is 735. The fourth-order valence-electron chi connectivity index (χ4n) is 3.36. The highest BCUT2D eigenvalue weighted by Crippen LogP contribution is 2.22. The molecular weight excluding hydrogens is 345 g/mol. The maximum atomic E-state index is 13.7. The molecule has 27 heavy (non-hydrogen) atoms. The molecule has 144 valence electrons. The summed E-state index contributed by atoms with van der Waals surface area (Å²) < 4.78 is 19.1. The zero-order chi connectivity index (χ0) is 19.1. The third-order valence-electron chi connectivity index (χ3n) is 4.85. The van der Waals surface area contributed by atoms with E-state index in [0.717, 1.165) is 24.2 Å². The summed E-state index contributed by atoms with van der Waals surface area (Å²) in [4.78, 5) is 14.6. The second-order valence-corrected chi connectivity index (χ2v) is 6.74. The van der Waals surface area contributed by atoms with Crippen molar-refractivity contribution in [2.45, 2.75) is 18.5 Å². The zero-order valence-corrected chi connectivity index (χ0v) is 15.3. The standard InChI is InChI=1S/C21H26FN3O2/c22-18-8-4-7-17(13-18)20(25-9-11-27-12-10-25)15-24-21(26)14-19(23)16-5-2-1-3-6-16/h1-8,13,19-20H,9-12,14-15,23H2,(H,24,26). The number of hydrogen-bond acceptors (Lipinski definition) is 4. The van der Waals surface area contributed by atoms with Gasteiger partial charge < -0.3 is 15.8 Å². The average Bonchev–Trinajstić information content (AvgIpc) is 2.70. The van der Waals surface area contributed by atoms with Gasteiger partial charge in [0.2, 0.25) is 5.91 Å². The Hall–Kier alpha value is -2.28. The van der Waals surface area contributed by atoms with Gasteiger partial charge in [0.25, 0.3) is 0 Å². The fraction of sp³-hybridized carbons (Fsp3) is 0.381. The summed E-state index contributed by atoms with van der Waals surface area (Å²) in [5.74, 6) is -0.385.